The Morgan fingerprint density at radius 1 is 1.03 bits per heavy atom. The van der Waals surface area contributed by atoms with E-state index in [2.05, 4.69) is 10.4 Å². The van der Waals surface area contributed by atoms with E-state index in [1.807, 2.05) is 11.8 Å². The molecule has 0 bridgehead atoms. The van der Waals surface area contributed by atoms with Crippen molar-refractivity contribution in [2.45, 2.75) is 51.1 Å². The maximum Gasteiger partial charge on any atom is 0.435 e. The smallest absolute Gasteiger partial charge is 0.352 e. The summed E-state index contributed by atoms with van der Waals surface area (Å²) in [6.07, 6.45) is 0.965. The molecule has 0 unspecified atom stereocenters. The van der Waals surface area contributed by atoms with Crippen molar-refractivity contribution in [3.05, 3.63) is 47.8 Å². The number of benzene rings is 1. The first-order chi connectivity index (χ1) is 18.2. The average molecular weight is 551 g/mol. The van der Waals surface area contributed by atoms with Gasteiger partial charge in [0.2, 0.25) is 5.91 Å². The zero-order chi connectivity index (χ0) is 27.1. The Bertz CT molecular complexity index is 1110. The number of halogens is 3. The van der Waals surface area contributed by atoms with E-state index < -0.39 is 23.3 Å². The van der Waals surface area contributed by atoms with Crippen LogP contribution in [0.4, 0.5) is 13.2 Å². The second kappa shape index (κ2) is 12.8. The molecule has 1 N–H and O–H groups in total. The highest BCUT2D eigenvalue weighted by Crippen LogP contribution is 2.32. The van der Waals surface area contributed by atoms with Crippen LogP contribution in [0.1, 0.15) is 61.0 Å². The number of ketones is 1. The van der Waals surface area contributed by atoms with Crippen LogP contribution < -0.4 is 5.32 Å². The van der Waals surface area contributed by atoms with Gasteiger partial charge in [-0.05, 0) is 61.7 Å². The van der Waals surface area contributed by atoms with Crippen molar-refractivity contribution in [1.29, 1.82) is 0 Å². The molecule has 2 aromatic rings. The third-order valence-electron chi connectivity index (χ3n) is 7.23. The first kappa shape index (κ1) is 28.2. The molecule has 0 aliphatic carbocycles. The van der Waals surface area contributed by atoms with Crippen LogP contribution in [0.2, 0.25) is 0 Å². The zero-order valence-corrected chi connectivity index (χ0v) is 22.0. The molecular weight excluding hydrogens is 517 g/mol. The number of amides is 2. The number of alkyl halides is 3. The van der Waals surface area contributed by atoms with Crippen molar-refractivity contribution in [1.82, 2.24) is 20.0 Å². The minimum Gasteiger partial charge on any atom is -0.352 e. The van der Waals surface area contributed by atoms with Crippen LogP contribution in [-0.2, 0) is 15.8 Å². The fourth-order valence-electron chi connectivity index (χ4n) is 5.01. The molecule has 2 amide bonds. The predicted octanol–water partition coefficient (Wildman–Crippen LogP) is 4.74. The van der Waals surface area contributed by atoms with Crippen molar-refractivity contribution in [2.24, 2.45) is 11.8 Å². The van der Waals surface area contributed by atoms with Gasteiger partial charge in [0.15, 0.2) is 5.69 Å². The molecular formula is C27H33F3N4O3S. The lowest BCUT2D eigenvalue weighted by Gasteiger charge is -2.32. The molecule has 206 valence electrons. The van der Waals surface area contributed by atoms with Crippen LogP contribution in [0.25, 0.3) is 5.69 Å². The summed E-state index contributed by atoms with van der Waals surface area (Å²) in [6.45, 7) is 1.29. The lowest BCUT2D eigenvalue weighted by Crippen LogP contribution is -2.39. The standard InChI is InChI=1S/C27H33F3N4O3S/c28-27(29,30)25-22(18-34(32-25)21-5-2-1-3-6-21)26(37)31-12-4-7-24(36)33-13-8-19(9-14-33)17-23(35)20-10-15-38-16-11-20/h1-3,5-6,18-20H,4,7-17H2,(H,31,37). The molecule has 0 spiro atoms. The Kier molecular flexibility index (Phi) is 9.51. The molecule has 38 heavy (non-hydrogen) atoms. The lowest BCUT2D eigenvalue weighted by molar-refractivity contribution is -0.141. The summed E-state index contributed by atoms with van der Waals surface area (Å²) in [5.74, 6) is 2.09. The number of Topliss-reactive ketones (excluding diaryl/α,β-unsaturated/α-hetero) is 1. The van der Waals surface area contributed by atoms with Crippen molar-refractivity contribution in [3.8, 4) is 5.69 Å². The van der Waals surface area contributed by atoms with Gasteiger partial charge >= 0.3 is 6.18 Å². The van der Waals surface area contributed by atoms with Crippen molar-refractivity contribution in [3.63, 3.8) is 0 Å². The molecule has 3 heterocycles. The summed E-state index contributed by atoms with van der Waals surface area (Å²) >= 11 is 1.91. The average Bonchev–Trinajstić information content (AvgIpc) is 3.39. The molecule has 0 radical (unpaired) electrons. The third-order valence-corrected chi connectivity index (χ3v) is 8.28. The Morgan fingerprint density at radius 3 is 2.37 bits per heavy atom. The molecule has 2 aliphatic rings. The first-order valence-corrected chi connectivity index (χ1v) is 14.3. The Balaban J connectivity index is 1.21. The molecule has 7 nitrogen and oxygen atoms in total. The highest BCUT2D eigenvalue weighted by molar-refractivity contribution is 7.99. The van der Waals surface area contributed by atoms with E-state index in [1.165, 1.54) is 0 Å². The van der Waals surface area contributed by atoms with Crippen LogP contribution in [0.3, 0.4) is 0 Å². The normalized spacial score (nSPS) is 17.4. The highest BCUT2D eigenvalue weighted by atomic mass is 32.2. The monoisotopic (exact) mass is 550 g/mol. The van der Waals surface area contributed by atoms with Crippen LogP contribution in [-0.4, -0.2) is 63.4 Å². The number of hydrogen-bond acceptors (Lipinski definition) is 5. The molecule has 2 saturated heterocycles. The van der Waals surface area contributed by atoms with Gasteiger partial charge in [-0.25, -0.2) is 4.68 Å². The number of nitrogens with one attached hydrogen (secondary N) is 1. The fourth-order valence-corrected chi connectivity index (χ4v) is 6.12. The summed E-state index contributed by atoms with van der Waals surface area (Å²) in [4.78, 5) is 39.5. The van der Waals surface area contributed by atoms with Gasteiger partial charge in [0.25, 0.3) is 5.91 Å². The van der Waals surface area contributed by atoms with Gasteiger partial charge in [-0.2, -0.15) is 30.0 Å². The summed E-state index contributed by atoms with van der Waals surface area (Å²) in [5, 5.41) is 6.08. The van der Waals surface area contributed by atoms with Crippen molar-refractivity contribution >= 4 is 29.4 Å². The minimum absolute atomic E-state index is 0.0405. The van der Waals surface area contributed by atoms with E-state index >= 15 is 0 Å². The summed E-state index contributed by atoms with van der Waals surface area (Å²) in [7, 11) is 0. The van der Waals surface area contributed by atoms with Crippen LogP contribution in [0.15, 0.2) is 36.5 Å². The molecule has 1 aromatic heterocycles. The van der Waals surface area contributed by atoms with Gasteiger partial charge < -0.3 is 10.2 Å². The van der Waals surface area contributed by atoms with Gasteiger partial charge in [0, 0.05) is 44.6 Å². The molecule has 11 heteroatoms. The number of carbonyl (C=O) groups excluding carboxylic acids is 3. The second-order valence-corrected chi connectivity index (χ2v) is 11.1. The number of para-hydroxylation sites is 1. The lowest BCUT2D eigenvalue weighted by atomic mass is 9.86. The Labute approximate surface area is 224 Å². The van der Waals surface area contributed by atoms with E-state index in [0.29, 0.717) is 43.3 Å². The number of nitrogens with zero attached hydrogens (tertiary/aromatic N) is 3. The SMILES string of the molecule is O=C(NCCCC(=O)N1CCC(CC(=O)C2CCSCC2)CC1)c1cn(-c2ccccc2)nc1C(F)(F)F. The van der Waals surface area contributed by atoms with Crippen LogP contribution in [0.5, 0.6) is 0 Å². The first-order valence-electron chi connectivity index (χ1n) is 13.1. The molecule has 4 rings (SSSR count). The zero-order valence-electron chi connectivity index (χ0n) is 21.2. The number of rotatable bonds is 9. The van der Waals surface area contributed by atoms with Crippen LogP contribution >= 0.6 is 11.8 Å². The maximum absolute atomic E-state index is 13.5. The highest BCUT2D eigenvalue weighted by Gasteiger charge is 2.39. The molecule has 1 aromatic carbocycles. The summed E-state index contributed by atoms with van der Waals surface area (Å²) < 4.78 is 41.5. The Morgan fingerprint density at radius 2 is 1.71 bits per heavy atom. The van der Waals surface area contributed by atoms with Gasteiger partial charge in [0.1, 0.15) is 5.78 Å². The summed E-state index contributed by atoms with van der Waals surface area (Å²) in [6, 6.07) is 8.25. The maximum atomic E-state index is 13.5. The number of aromatic nitrogens is 2. The molecule has 2 aliphatic heterocycles. The topological polar surface area (TPSA) is 84.3 Å². The number of carbonyl (C=O) groups is 3. The number of piperidine rings is 1. The number of thioether (sulfide) groups is 1. The summed E-state index contributed by atoms with van der Waals surface area (Å²) in [5.41, 5.74) is -1.40. The van der Waals surface area contributed by atoms with Crippen LogP contribution in [0, 0.1) is 11.8 Å². The molecule has 0 saturated carbocycles. The second-order valence-electron chi connectivity index (χ2n) is 9.91. The van der Waals surface area contributed by atoms with Gasteiger partial charge in [-0.15, -0.1) is 0 Å². The van der Waals surface area contributed by atoms with E-state index in [-0.39, 0.29) is 24.8 Å². The van der Waals surface area contributed by atoms with Gasteiger partial charge in [0.05, 0.1) is 11.3 Å². The fraction of sp³-hybridized carbons (Fsp3) is 0.556. The molecule has 2 fully saturated rings. The third kappa shape index (κ3) is 7.39. The molecule has 0 atom stereocenters. The minimum atomic E-state index is -4.78. The quantitative estimate of drug-likeness (QED) is 0.456. The number of hydrogen-bond donors (Lipinski definition) is 1. The van der Waals surface area contributed by atoms with E-state index in [9.17, 15) is 27.6 Å². The Hall–Kier alpha value is -2.82. The van der Waals surface area contributed by atoms with Crippen molar-refractivity contribution < 1.29 is 27.6 Å². The van der Waals surface area contributed by atoms with Crippen molar-refractivity contribution in [2.75, 3.05) is 31.1 Å². The van der Waals surface area contributed by atoms with E-state index in [0.717, 1.165) is 48.1 Å². The van der Waals surface area contributed by atoms with Gasteiger partial charge in [-0.3, -0.25) is 14.4 Å². The van der Waals surface area contributed by atoms with E-state index in [4.69, 9.17) is 0 Å². The predicted molar refractivity (Wildman–Crippen MR) is 139 cm³/mol. The largest absolute Gasteiger partial charge is 0.435 e. The number of likely N-dealkylation sites (tertiary alicyclic amines) is 1. The van der Waals surface area contributed by atoms with E-state index in [1.54, 1.807) is 35.2 Å². The van der Waals surface area contributed by atoms with Gasteiger partial charge in [-0.1, -0.05) is 18.2 Å².